The highest BCUT2D eigenvalue weighted by Crippen LogP contribution is 2.27. The van der Waals surface area contributed by atoms with E-state index >= 15 is 0 Å². The van der Waals surface area contributed by atoms with Crippen molar-refractivity contribution >= 4 is 27.9 Å². The number of nitrogens with zero attached hydrogens (tertiary/aromatic N) is 2. The summed E-state index contributed by atoms with van der Waals surface area (Å²) < 4.78 is 0. The van der Waals surface area contributed by atoms with Crippen molar-refractivity contribution < 1.29 is 9.90 Å². The van der Waals surface area contributed by atoms with E-state index in [0.717, 1.165) is 29.4 Å². The minimum atomic E-state index is -0.405. The van der Waals surface area contributed by atoms with Crippen LogP contribution in [0.25, 0.3) is 16.3 Å². The minimum Gasteiger partial charge on any atom is -0.396 e. The smallest absolute Gasteiger partial charge is 0.262 e. The maximum Gasteiger partial charge on any atom is 0.262 e. The molecule has 2 N–H and O–H groups in total. The highest BCUT2D eigenvalue weighted by atomic mass is 16.3. The molecule has 0 aromatic heterocycles. The van der Waals surface area contributed by atoms with E-state index in [2.05, 4.69) is 42.3 Å². The van der Waals surface area contributed by atoms with Gasteiger partial charge in [0.1, 0.15) is 11.6 Å². The predicted octanol–water partition coefficient (Wildman–Crippen LogP) is 3.73. The summed E-state index contributed by atoms with van der Waals surface area (Å²) in [5, 5.41) is 23.5. The number of benzene rings is 2. The van der Waals surface area contributed by atoms with Crippen LogP contribution in [0.4, 0.5) is 5.69 Å². The highest BCUT2D eigenvalue weighted by Gasteiger charge is 2.15. The summed E-state index contributed by atoms with van der Waals surface area (Å²) in [5.74, 6) is -0.456. The van der Waals surface area contributed by atoms with Crippen molar-refractivity contribution in [2.45, 2.75) is 27.7 Å². The van der Waals surface area contributed by atoms with Gasteiger partial charge in [0, 0.05) is 31.9 Å². The number of carbonyl (C=O) groups is 1. The fourth-order valence-electron chi connectivity index (χ4n) is 3.12. The third-order valence-electron chi connectivity index (χ3n) is 5.02. The zero-order valence-electron chi connectivity index (χ0n) is 17.1. The number of fused-ring (bicyclic) bond motifs is 1. The van der Waals surface area contributed by atoms with Crippen molar-refractivity contribution in [3.8, 4) is 6.07 Å². The fraction of sp³-hybridized carbons (Fsp3) is 0.391. The Kier molecular flexibility index (Phi) is 7.60. The first-order chi connectivity index (χ1) is 13.4. The zero-order valence-corrected chi connectivity index (χ0v) is 17.1. The Morgan fingerprint density at radius 1 is 1.18 bits per heavy atom. The standard InChI is InChI=1S/C23H29N3O2/c1-5-26(6-2)21-10-9-19-11-18(7-8-20(19)12-21)17(4)22(13-24)23(28)25-14-16(3)15-27/h7-12,16,27H,5-6,14-15H2,1-4H3,(H,25,28)/b22-17+. The van der Waals surface area contributed by atoms with Gasteiger partial charge in [-0.05, 0) is 66.8 Å². The Morgan fingerprint density at radius 3 is 2.43 bits per heavy atom. The molecule has 0 saturated heterocycles. The van der Waals surface area contributed by atoms with E-state index in [-0.39, 0.29) is 18.1 Å². The molecule has 0 saturated carbocycles. The summed E-state index contributed by atoms with van der Waals surface area (Å²) >= 11 is 0. The van der Waals surface area contributed by atoms with Gasteiger partial charge < -0.3 is 15.3 Å². The van der Waals surface area contributed by atoms with Crippen LogP contribution in [-0.2, 0) is 4.79 Å². The van der Waals surface area contributed by atoms with E-state index in [1.807, 2.05) is 31.2 Å². The molecule has 1 unspecified atom stereocenters. The Bertz CT molecular complexity index is 908. The zero-order chi connectivity index (χ0) is 20.7. The van der Waals surface area contributed by atoms with Gasteiger partial charge in [0.25, 0.3) is 5.91 Å². The lowest BCUT2D eigenvalue weighted by molar-refractivity contribution is -0.117. The van der Waals surface area contributed by atoms with Crippen LogP contribution in [0.15, 0.2) is 42.0 Å². The molecule has 0 spiro atoms. The maximum absolute atomic E-state index is 12.4. The molecular weight excluding hydrogens is 350 g/mol. The number of hydrogen-bond donors (Lipinski definition) is 2. The summed E-state index contributed by atoms with van der Waals surface area (Å²) in [4.78, 5) is 14.7. The molecular formula is C23H29N3O2. The second kappa shape index (κ2) is 9.91. The molecule has 2 rings (SSSR count). The van der Waals surface area contributed by atoms with Crippen LogP contribution in [0.5, 0.6) is 0 Å². The van der Waals surface area contributed by atoms with Crippen LogP contribution in [-0.4, -0.2) is 37.3 Å². The van der Waals surface area contributed by atoms with E-state index in [1.165, 1.54) is 5.69 Å². The summed E-state index contributed by atoms with van der Waals surface area (Å²) in [7, 11) is 0. The van der Waals surface area contributed by atoms with Crippen LogP contribution in [0, 0.1) is 17.2 Å². The molecule has 0 heterocycles. The van der Waals surface area contributed by atoms with Crippen molar-refractivity contribution in [1.82, 2.24) is 5.32 Å². The fourth-order valence-corrected chi connectivity index (χ4v) is 3.12. The third-order valence-corrected chi connectivity index (χ3v) is 5.02. The van der Waals surface area contributed by atoms with E-state index in [0.29, 0.717) is 12.1 Å². The largest absolute Gasteiger partial charge is 0.396 e. The number of nitriles is 1. The number of aliphatic hydroxyl groups is 1. The van der Waals surface area contributed by atoms with E-state index in [1.54, 1.807) is 6.92 Å². The van der Waals surface area contributed by atoms with E-state index in [9.17, 15) is 10.1 Å². The van der Waals surface area contributed by atoms with Gasteiger partial charge in [-0.3, -0.25) is 4.79 Å². The molecule has 5 heteroatoms. The number of allylic oxidation sites excluding steroid dienone is 1. The lowest BCUT2D eigenvalue weighted by Crippen LogP contribution is -2.30. The van der Waals surface area contributed by atoms with Gasteiger partial charge in [0.2, 0.25) is 0 Å². The normalized spacial score (nSPS) is 12.9. The Hall–Kier alpha value is -2.84. The van der Waals surface area contributed by atoms with Gasteiger partial charge in [0.05, 0.1) is 0 Å². The van der Waals surface area contributed by atoms with Crippen LogP contribution >= 0.6 is 0 Å². The molecule has 0 aliphatic carbocycles. The van der Waals surface area contributed by atoms with Crippen molar-refractivity contribution in [3.63, 3.8) is 0 Å². The molecule has 1 amide bonds. The highest BCUT2D eigenvalue weighted by molar-refractivity contribution is 6.05. The van der Waals surface area contributed by atoms with Crippen LogP contribution < -0.4 is 10.2 Å². The summed E-state index contributed by atoms with van der Waals surface area (Å²) in [6.45, 7) is 10.1. The Balaban J connectivity index is 2.34. The monoisotopic (exact) mass is 379 g/mol. The lowest BCUT2D eigenvalue weighted by atomic mass is 9.98. The number of amides is 1. The van der Waals surface area contributed by atoms with Gasteiger partial charge in [-0.2, -0.15) is 5.26 Å². The summed E-state index contributed by atoms with van der Waals surface area (Å²) in [5.41, 5.74) is 2.79. The molecule has 2 aromatic rings. The van der Waals surface area contributed by atoms with Gasteiger partial charge in [0.15, 0.2) is 0 Å². The first-order valence-electron chi connectivity index (χ1n) is 9.74. The van der Waals surface area contributed by atoms with Crippen molar-refractivity contribution in [2.75, 3.05) is 31.1 Å². The number of hydrogen-bond acceptors (Lipinski definition) is 4. The maximum atomic E-state index is 12.4. The Morgan fingerprint density at radius 2 is 1.82 bits per heavy atom. The van der Waals surface area contributed by atoms with Crippen LogP contribution in [0.1, 0.15) is 33.3 Å². The molecule has 2 aromatic carbocycles. The average molecular weight is 380 g/mol. The molecule has 0 aliphatic heterocycles. The number of aliphatic hydroxyl groups excluding tert-OH is 1. The van der Waals surface area contributed by atoms with Gasteiger partial charge in [-0.1, -0.05) is 25.1 Å². The summed E-state index contributed by atoms with van der Waals surface area (Å²) in [6, 6.07) is 14.4. The molecule has 5 nitrogen and oxygen atoms in total. The average Bonchev–Trinajstić information content (AvgIpc) is 2.72. The molecule has 0 radical (unpaired) electrons. The molecule has 28 heavy (non-hydrogen) atoms. The van der Waals surface area contributed by atoms with Crippen molar-refractivity contribution in [1.29, 1.82) is 5.26 Å². The second-order valence-corrected chi connectivity index (χ2v) is 7.03. The molecule has 0 fully saturated rings. The topological polar surface area (TPSA) is 76.4 Å². The first-order valence-corrected chi connectivity index (χ1v) is 9.74. The SMILES string of the molecule is CCN(CC)c1ccc2cc(/C(C)=C(\C#N)C(=O)NCC(C)CO)ccc2c1. The number of rotatable bonds is 8. The van der Waals surface area contributed by atoms with Crippen LogP contribution in [0.3, 0.4) is 0 Å². The van der Waals surface area contributed by atoms with Crippen molar-refractivity contribution in [3.05, 3.63) is 47.5 Å². The molecule has 148 valence electrons. The number of nitrogens with one attached hydrogen (secondary N) is 1. The Labute approximate surface area is 167 Å². The lowest BCUT2D eigenvalue weighted by Gasteiger charge is -2.21. The number of carbonyl (C=O) groups excluding carboxylic acids is 1. The first kappa shape index (κ1) is 21.5. The number of anilines is 1. The van der Waals surface area contributed by atoms with Crippen molar-refractivity contribution in [2.24, 2.45) is 5.92 Å². The second-order valence-electron chi connectivity index (χ2n) is 7.03. The minimum absolute atomic E-state index is 0.00891. The molecule has 0 bridgehead atoms. The van der Waals surface area contributed by atoms with E-state index < -0.39 is 5.91 Å². The van der Waals surface area contributed by atoms with Crippen LogP contribution in [0.2, 0.25) is 0 Å². The molecule has 0 aliphatic rings. The third kappa shape index (κ3) is 4.90. The van der Waals surface area contributed by atoms with Gasteiger partial charge >= 0.3 is 0 Å². The quantitative estimate of drug-likeness (QED) is 0.541. The van der Waals surface area contributed by atoms with Gasteiger partial charge in [-0.15, -0.1) is 0 Å². The van der Waals surface area contributed by atoms with E-state index in [4.69, 9.17) is 5.11 Å². The predicted molar refractivity (Wildman–Crippen MR) is 115 cm³/mol. The summed E-state index contributed by atoms with van der Waals surface area (Å²) in [6.07, 6.45) is 0. The molecule has 1 atom stereocenters. The van der Waals surface area contributed by atoms with Gasteiger partial charge in [-0.25, -0.2) is 0 Å².